The molecule has 30 heavy (non-hydrogen) atoms. The van der Waals surface area contributed by atoms with Crippen LogP contribution in [0.4, 0.5) is 14.9 Å². The third kappa shape index (κ3) is 3.30. The lowest BCUT2D eigenvalue weighted by atomic mass is 9.92. The molecule has 1 fully saturated rings. The Hall–Kier alpha value is -3.66. The Morgan fingerprint density at radius 2 is 1.90 bits per heavy atom. The minimum Gasteiger partial charge on any atom is -0.319 e. The van der Waals surface area contributed by atoms with Crippen LogP contribution in [0.3, 0.4) is 0 Å². The van der Waals surface area contributed by atoms with E-state index in [0.717, 1.165) is 4.90 Å². The molecular formula is C20H15FN4O4S. The van der Waals surface area contributed by atoms with Crippen LogP contribution in [0.1, 0.15) is 18.2 Å². The van der Waals surface area contributed by atoms with Gasteiger partial charge in [-0.15, -0.1) is 11.3 Å². The van der Waals surface area contributed by atoms with Crippen LogP contribution in [0.2, 0.25) is 0 Å². The first kappa shape index (κ1) is 19.6. The zero-order chi connectivity index (χ0) is 21.5. The zero-order valence-electron chi connectivity index (χ0n) is 15.7. The lowest BCUT2D eigenvalue weighted by molar-refractivity contribution is -0.384. The van der Waals surface area contributed by atoms with Gasteiger partial charge in [-0.25, -0.2) is 14.2 Å². The summed E-state index contributed by atoms with van der Waals surface area (Å²) in [5, 5.41) is 15.6. The fourth-order valence-electron chi connectivity index (χ4n) is 3.25. The van der Waals surface area contributed by atoms with Gasteiger partial charge in [0, 0.05) is 23.1 Å². The molecule has 3 aromatic rings. The number of nitro groups is 1. The molecule has 1 aromatic heterocycles. The Labute approximate surface area is 174 Å². The van der Waals surface area contributed by atoms with Crippen LogP contribution in [-0.4, -0.2) is 26.7 Å². The van der Waals surface area contributed by atoms with Gasteiger partial charge in [-0.3, -0.25) is 19.8 Å². The van der Waals surface area contributed by atoms with E-state index in [-0.39, 0.29) is 12.2 Å². The van der Waals surface area contributed by atoms with E-state index >= 15 is 0 Å². The largest absolute Gasteiger partial charge is 0.325 e. The number of amides is 3. The molecule has 8 nitrogen and oxygen atoms in total. The standard InChI is InChI=1S/C20H15FN4O4S/c1-20(12-6-8-14(9-7-12)25(28)29)18(26)24(19(27)23-20)10-13-11-30-17(22-13)15-4-2-3-5-16(15)21/h2-9,11H,10H2,1H3,(H,23,27). The average Bonchev–Trinajstić information content (AvgIpc) is 3.27. The van der Waals surface area contributed by atoms with Gasteiger partial charge in [0.25, 0.3) is 11.6 Å². The van der Waals surface area contributed by atoms with E-state index in [9.17, 15) is 24.1 Å². The lowest BCUT2D eigenvalue weighted by Crippen LogP contribution is -2.40. The van der Waals surface area contributed by atoms with Gasteiger partial charge in [0.2, 0.25) is 0 Å². The predicted molar refractivity (Wildman–Crippen MR) is 107 cm³/mol. The first-order valence-electron chi connectivity index (χ1n) is 8.88. The van der Waals surface area contributed by atoms with Gasteiger partial charge in [0.15, 0.2) is 0 Å². The number of rotatable bonds is 5. The van der Waals surface area contributed by atoms with Crippen molar-refractivity contribution in [2.24, 2.45) is 0 Å². The number of thiazole rings is 1. The van der Waals surface area contributed by atoms with E-state index in [4.69, 9.17) is 0 Å². The first-order chi connectivity index (χ1) is 14.3. The highest BCUT2D eigenvalue weighted by Crippen LogP contribution is 2.32. The summed E-state index contributed by atoms with van der Waals surface area (Å²) in [6.07, 6.45) is 0. The Morgan fingerprint density at radius 1 is 1.20 bits per heavy atom. The number of hydrogen-bond donors (Lipinski definition) is 1. The van der Waals surface area contributed by atoms with Crippen molar-refractivity contribution in [1.82, 2.24) is 15.2 Å². The molecular weight excluding hydrogens is 411 g/mol. The van der Waals surface area contributed by atoms with Crippen molar-refractivity contribution in [3.05, 3.63) is 81.1 Å². The number of imide groups is 1. The Kier molecular flexibility index (Phi) is 4.78. The molecule has 2 heterocycles. The summed E-state index contributed by atoms with van der Waals surface area (Å²) in [5.41, 5.74) is -0.230. The summed E-state index contributed by atoms with van der Waals surface area (Å²) < 4.78 is 14.0. The minimum absolute atomic E-state index is 0.0712. The summed E-state index contributed by atoms with van der Waals surface area (Å²) >= 11 is 1.22. The van der Waals surface area contributed by atoms with E-state index in [1.165, 1.54) is 41.7 Å². The van der Waals surface area contributed by atoms with Gasteiger partial charge in [-0.2, -0.15) is 0 Å². The molecule has 1 aliphatic heterocycles. The number of urea groups is 1. The summed E-state index contributed by atoms with van der Waals surface area (Å²) in [6.45, 7) is 1.47. The fraction of sp³-hybridized carbons (Fsp3) is 0.150. The molecule has 3 amide bonds. The molecule has 4 rings (SSSR count). The maximum atomic E-state index is 14.0. The molecule has 0 aliphatic carbocycles. The van der Waals surface area contributed by atoms with Crippen LogP contribution >= 0.6 is 11.3 Å². The van der Waals surface area contributed by atoms with Crippen molar-refractivity contribution in [2.45, 2.75) is 19.0 Å². The monoisotopic (exact) mass is 426 g/mol. The fourth-order valence-corrected chi connectivity index (χ4v) is 4.09. The molecule has 1 atom stereocenters. The van der Waals surface area contributed by atoms with Crippen molar-refractivity contribution < 1.29 is 18.9 Å². The van der Waals surface area contributed by atoms with Crippen molar-refractivity contribution in [2.75, 3.05) is 0 Å². The smallest absolute Gasteiger partial charge is 0.319 e. The Morgan fingerprint density at radius 3 is 2.57 bits per heavy atom. The second kappa shape index (κ2) is 7.30. The Bertz CT molecular complexity index is 1160. The molecule has 1 saturated heterocycles. The quantitative estimate of drug-likeness (QED) is 0.379. The van der Waals surface area contributed by atoms with Gasteiger partial charge >= 0.3 is 6.03 Å². The van der Waals surface area contributed by atoms with Gasteiger partial charge < -0.3 is 5.32 Å². The predicted octanol–water partition coefficient (Wildman–Crippen LogP) is 3.82. The van der Waals surface area contributed by atoms with E-state index in [2.05, 4.69) is 10.3 Å². The summed E-state index contributed by atoms with van der Waals surface area (Å²) in [6, 6.07) is 11.1. The van der Waals surface area contributed by atoms with Crippen molar-refractivity contribution in [3.63, 3.8) is 0 Å². The number of aromatic nitrogens is 1. The lowest BCUT2D eigenvalue weighted by Gasteiger charge is -2.21. The highest BCUT2D eigenvalue weighted by molar-refractivity contribution is 7.13. The van der Waals surface area contributed by atoms with Crippen LogP contribution < -0.4 is 5.32 Å². The number of nitro benzene ring substituents is 1. The summed E-state index contributed by atoms with van der Waals surface area (Å²) in [7, 11) is 0. The molecule has 0 bridgehead atoms. The summed E-state index contributed by atoms with van der Waals surface area (Å²) in [4.78, 5) is 41.2. The van der Waals surface area contributed by atoms with Crippen molar-refractivity contribution in [3.8, 4) is 10.6 Å². The van der Waals surface area contributed by atoms with Crippen molar-refractivity contribution >= 4 is 29.0 Å². The third-order valence-electron chi connectivity index (χ3n) is 4.91. The molecule has 152 valence electrons. The highest BCUT2D eigenvalue weighted by Gasteiger charge is 2.49. The number of carbonyl (C=O) groups excluding carboxylic acids is 2. The molecule has 0 saturated carbocycles. The number of nitrogens with zero attached hydrogens (tertiary/aromatic N) is 3. The number of non-ortho nitro benzene ring substituents is 1. The number of benzene rings is 2. The highest BCUT2D eigenvalue weighted by atomic mass is 32.1. The van der Waals surface area contributed by atoms with Crippen LogP contribution in [0.5, 0.6) is 0 Å². The van der Waals surface area contributed by atoms with Crippen LogP contribution in [0.15, 0.2) is 53.9 Å². The molecule has 2 aromatic carbocycles. The number of hydrogen-bond acceptors (Lipinski definition) is 6. The van der Waals surface area contributed by atoms with Gasteiger partial charge in [-0.05, 0) is 36.8 Å². The van der Waals surface area contributed by atoms with Gasteiger partial charge in [0.05, 0.1) is 17.2 Å². The number of nitrogens with one attached hydrogen (secondary N) is 1. The second-order valence-corrected chi connectivity index (χ2v) is 7.73. The Balaban J connectivity index is 1.56. The van der Waals surface area contributed by atoms with E-state index in [1.807, 2.05) is 0 Å². The zero-order valence-corrected chi connectivity index (χ0v) is 16.5. The van der Waals surface area contributed by atoms with E-state index in [1.54, 1.807) is 30.5 Å². The average molecular weight is 426 g/mol. The number of halogens is 1. The summed E-state index contributed by atoms with van der Waals surface area (Å²) in [5.74, 6) is -0.902. The van der Waals surface area contributed by atoms with Crippen LogP contribution in [0, 0.1) is 15.9 Å². The number of carbonyl (C=O) groups is 2. The molecule has 1 unspecified atom stereocenters. The molecule has 0 radical (unpaired) electrons. The van der Waals surface area contributed by atoms with E-state index in [0.29, 0.717) is 21.8 Å². The van der Waals surface area contributed by atoms with Gasteiger partial charge in [-0.1, -0.05) is 12.1 Å². The maximum absolute atomic E-state index is 14.0. The van der Waals surface area contributed by atoms with Crippen LogP contribution in [0.25, 0.3) is 10.6 Å². The third-order valence-corrected chi connectivity index (χ3v) is 5.83. The van der Waals surface area contributed by atoms with Crippen LogP contribution in [-0.2, 0) is 16.9 Å². The first-order valence-corrected chi connectivity index (χ1v) is 9.76. The molecule has 1 N–H and O–H groups in total. The minimum atomic E-state index is -1.35. The second-order valence-electron chi connectivity index (χ2n) is 6.87. The molecule has 1 aliphatic rings. The van der Waals surface area contributed by atoms with Gasteiger partial charge in [0.1, 0.15) is 16.4 Å². The molecule has 0 spiro atoms. The maximum Gasteiger partial charge on any atom is 0.325 e. The SMILES string of the molecule is CC1(c2ccc([N+](=O)[O-])cc2)NC(=O)N(Cc2csc(-c3ccccc3F)n2)C1=O. The normalized spacial score (nSPS) is 18.5. The molecule has 10 heteroatoms. The van der Waals surface area contributed by atoms with E-state index < -0.39 is 28.2 Å². The topological polar surface area (TPSA) is 105 Å². The van der Waals surface area contributed by atoms with Crippen molar-refractivity contribution in [1.29, 1.82) is 0 Å².